The third kappa shape index (κ3) is 2.43. The van der Waals surface area contributed by atoms with Crippen molar-refractivity contribution in [2.75, 3.05) is 19.7 Å². The number of carbonyl (C=O) groups excluding carboxylic acids is 1. The number of aromatic nitrogens is 1. The van der Waals surface area contributed by atoms with Crippen molar-refractivity contribution in [1.82, 2.24) is 9.47 Å². The molecule has 0 N–H and O–H groups in total. The maximum Gasteiger partial charge on any atom is 0.354 e. The fraction of sp³-hybridized carbons (Fsp3) is 0.500. The molecular formula is C22H25N3O4. The second kappa shape index (κ2) is 6.42. The molecule has 0 aliphatic carbocycles. The van der Waals surface area contributed by atoms with Gasteiger partial charge in [0, 0.05) is 35.2 Å². The van der Waals surface area contributed by atoms with Gasteiger partial charge >= 0.3 is 5.97 Å². The van der Waals surface area contributed by atoms with E-state index >= 15 is 0 Å². The van der Waals surface area contributed by atoms with Gasteiger partial charge in [-0.25, -0.2) is 4.79 Å². The number of non-ortho nitro benzene ring substituents is 1. The molecule has 1 aromatic carbocycles. The monoisotopic (exact) mass is 395 g/mol. The molecule has 4 heterocycles. The van der Waals surface area contributed by atoms with Crippen LogP contribution in [-0.2, 0) is 16.0 Å². The molecule has 0 unspecified atom stereocenters. The summed E-state index contributed by atoms with van der Waals surface area (Å²) < 4.78 is 7.38. The lowest BCUT2D eigenvalue weighted by Gasteiger charge is -2.53. The van der Waals surface area contributed by atoms with Gasteiger partial charge in [0.2, 0.25) is 0 Å². The number of carbonyl (C=O) groups is 1. The summed E-state index contributed by atoms with van der Waals surface area (Å²) in [6.45, 7) is 6.33. The molecule has 3 aliphatic rings. The van der Waals surface area contributed by atoms with E-state index in [1.807, 2.05) is 10.6 Å². The lowest BCUT2D eigenvalue weighted by Crippen LogP contribution is -2.51. The number of nitro groups is 1. The van der Waals surface area contributed by atoms with E-state index in [2.05, 4.69) is 17.9 Å². The minimum atomic E-state index is -0.376. The maximum absolute atomic E-state index is 13.0. The van der Waals surface area contributed by atoms with Crippen LogP contribution in [-0.4, -0.2) is 40.1 Å². The smallest absolute Gasteiger partial charge is 0.354 e. The predicted molar refractivity (Wildman–Crippen MR) is 109 cm³/mol. The highest BCUT2D eigenvalue weighted by atomic mass is 16.6. The summed E-state index contributed by atoms with van der Waals surface area (Å²) in [6.07, 6.45) is 6.09. The third-order valence-electron chi connectivity index (χ3n) is 7.02. The molecule has 0 bridgehead atoms. The van der Waals surface area contributed by atoms with Crippen molar-refractivity contribution in [3.8, 4) is 0 Å². The first-order valence-electron chi connectivity index (χ1n) is 10.5. The quantitative estimate of drug-likeness (QED) is 0.443. The molecule has 2 atom stereocenters. The van der Waals surface area contributed by atoms with Gasteiger partial charge < -0.3 is 9.30 Å². The zero-order chi connectivity index (χ0) is 20.3. The minimum absolute atomic E-state index is 0.0413. The number of benzene rings is 1. The lowest BCUT2D eigenvalue weighted by molar-refractivity contribution is -0.384. The second-order valence-electron chi connectivity index (χ2n) is 8.29. The first-order valence-corrected chi connectivity index (χ1v) is 10.5. The Morgan fingerprint density at radius 3 is 2.90 bits per heavy atom. The van der Waals surface area contributed by atoms with Gasteiger partial charge in [0.15, 0.2) is 0 Å². The van der Waals surface area contributed by atoms with Crippen LogP contribution in [0.5, 0.6) is 0 Å². The molecule has 7 nitrogen and oxygen atoms in total. The topological polar surface area (TPSA) is 77.6 Å². The van der Waals surface area contributed by atoms with E-state index in [1.165, 1.54) is 5.56 Å². The summed E-state index contributed by atoms with van der Waals surface area (Å²) in [4.78, 5) is 26.6. The molecule has 29 heavy (non-hydrogen) atoms. The van der Waals surface area contributed by atoms with Crippen LogP contribution in [0.2, 0.25) is 0 Å². The van der Waals surface area contributed by atoms with Gasteiger partial charge in [-0.3, -0.25) is 15.0 Å². The molecule has 1 saturated heterocycles. The molecule has 5 rings (SSSR count). The van der Waals surface area contributed by atoms with Crippen molar-refractivity contribution in [3.63, 3.8) is 0 Å². The van der Waals surface area contributed by atoms with Crippen molar-refractivity contribution in [3.05, 3.63) is 45.6 Å². The highest BCUT2D eigenvalue weighted by molar-refractivity contribution is 6.13. The summed E-state index contributed by atoms with van der Waals surface area (Å²) >= 11 is 0. The zero-order valence-corrected chi connectivity index (χ0v) is 16.8. The summed E-state index contributed by atoms with van der Waals surface area (Å²) in [5.74, 6) is -0.354. The normalized spacial score (nSPS) is 25.4. The minimum Gasteiger partial charge on any atom is -0.461 e. The number of nitro benzene ring substituents is 1. The Morgan fingerprint density at radius 2 is 2.17 bits per heavy atom. The molecule has 7 heteroatoms. The molecule has 0 amide bonds. The van der Waals surface area contributed by atoms with E-state index < -0.39 is 0 Å². The highest BCUT2D eigenvalue weighted by Crippen LogP contribution is 2.57. The average molecular weight is 395 g/mol. The van der Waals surface area contributed by atoms with Crippen molar-refractivity contribution in [2.45, 2.75) is 45.6 Å². The summed E-state index contributed by atoms with van der Waals surface area (Å²) in [6, 6.07) is 5.23. The number of esters is 1. The first kappa shape index (κ1) is 18.4. The van der Waals surface area contributed by atoms with Crippen molar-refractivity contribution in [2.24, 2.45) is 5.41 Å². The molecule has 0 saturated carbocycles. The van der Waals surface area contributed by atoms with Crippen molar-refractivity contribution < 1.29 is 14.5 Å². The second-order valence-corrected chi connectivity index (χ2v) is 8.29. The number of fused-ring (bicyclic) bond motifs is 3. The van der Waals surface area contributed by atoms with E-state index in [-0.39, 0.29) is 28.0 Å². The molecule has 0 radical (unpaired) electrons. The van der Waals surface area contributed by atoms with Gasteiger partial charge in [0.05, 0.1) is 23.1 Å². The molecular weight excluding hydrogens is 370 g/mol. The van der Waals surface area contributed by atoms with Gasteiger partial charge in [0.1, 0.15) is 5.70 Å². The fourth-order valence-electron chi connectivity index (χ4n) is 5.78. The average Bonchev–Trinajstić information content (AvgIpc) is 3.06. The number of hydrogen-bond acceptors (Lipinski definition) is 5. The van der Waals surface area contributed by atoms with E-state index in [4.69, 9.17) is 4.74 Å². The van der Waals surface area contributed by atoms with Crippen LogP contribution in [0, 0.1) is 15.5 Å². The summed E-state index contributed by atoms with van der Waals surface area (Å²) in [7, 11) is 0. The highest BCUT2D eigenvalue weighted by Gasteiger charge is 2.51. The number of ether oxygens (including phenoxy) is 1. The lowest BCUT2D eigenvalue weighted by atomic mass is 9.66. The standard InChI is InChI=1S/C22H25N3O4/c1-3-22-9-5-10-23-11-8-16-15-7-6-14(25(27)28)12-17(15)24(19(16)20(22)23)18(13-22)21(26)29-4-2/h6-7,12-13,20H,3-5,8-11H2,1-2H3/t20-,22+/m1/s1. The number of rotatable bonds is 4. The van der Waals surface area contributed by atoms with Gasteiger partial charge in [-0.15, -0.1) is 0 Å². The SMILES string of the molecule is CCOC(=O)C1=C[C@]2(CC)CCCN3CCc4c(n1c1cc([N+](=O)[O-])ccc41)[C@@H]32. The van der Waals surface area contributed by atoms with Crippen molar-refractivity contribution >= 4 is 28.3 Å². The van der Waals surface area contributed by atoms with Gasteiger partial charge in [-0.2, -0.15) is 0 Å². The summed E-state index contributed by atoms with van der Waals surface area (Å²) in [5, 5.41) is 12.4. The van der Waals surface area contributed by atoms with Crippen molar-refractivity contribution in [1.29, 1.82) is 0 Å². The Labute approximate surface area is 169 Å². The summed E-state index contributed by atoms with van der Waals surface area (Å²) in [5.41, 5.74) is 3.55. The van der Waals surface area contributed by atoms with Crippen LogP contribution in [0.25, 0.3) is 16.6 Å². The number of hydrogen-bond donors (Lipinski definition) is 0. The fourth-order valence-corrected chi connectivity index (χ4v) is 5.78. The number of nitrogens with zero attached hydrogens (tertiary/aromatic N) is 3. The molecule has 1 fully saturated rings. The van der Waals surface area contributed by atoms with Gasteiger partial charge in [0.25, 0.3) is 5.69 Å². The third-order valence-corrected chi connectivity index (χ3v) is 7.02. The van der Waals surface area contributed by atoms with Crippen LogP contribution in [0.1, 0.15) is 50.4 Å². The Morgan fingerprint density at radius 1 is 1.34 bits per heavy atom. The van der Waals surface area contributed by atoms with Crippen LogP contribution in [0.3, 0.4) is 0 Å². The van der Waals surface area contributed by atoms with Crippen LogP contribution in [0.4, 0.5) is 5.69 Å². The zero-order valence-electron chi connectivity index (χ0n) is 16.8. The largest absolute Gasteiger partial charge is 0.461 e. The Hall–Kier alpha value is -2.67. The molecule has 1 aromatic heterocycles. The Balaban J connectivity index is 1.86. The Kier molecular flexibility index (Phi) is 4.07. The van der Waals surface area contributed by atoms with Gasteiger partial charge in [-0.05, 0) is 56.9 Å². The molecule has 152 valence electrons. The van der Waals surface area contributed by atoms with E-state index in [9.17, 15) is 14.9 Å². The van der Waals surface area contributed by atoms with Crippen LogP contribution >= 0.6 is 0 Å². The molecule has 0 spiro atoms. The first-order chi connectivity index (χ1) is 14.0. The van der Waals surface area contributed by atoms with E-state index in [0.29, 0.717) is 12.3 Å². The number of piperidine rings is 1. The van der Waals surface area contributed by atoms with Crippen LogP contribution < -0.4 is 0 Å². The molecule has 3 aliphatic heterocycles. The predicted octanol–water partition coefficient (Wildman–Crippen LogP) is 4.06. The van der Waals surface area contributed by atoms with E-state index in [0.717, 1.165) is 55.4 Å². The molecule has 2 aromatic rings. The Bertz CT molecular complexity index is 1070. The maximum atomic E-state index is 13.0. The van der Waals surface area contributed by atoms with E-state index in [1.54, 1.807) is 19.1 Å². The van der Waals surface area contributed by atoms with Gasteiger partial charge in [-0.1, -0.05) is 6.92 Å². The van der Waals surface area contributed by atoms with Crippen LogP contribution in [0.15, 0.2) is 24.3 Å².